The molecule has 10 heavy (non-hydrogen) atoms. The maximum atomic E-state index is 8.64. The Morgan fingerprint density at radius 1 is 1.50 bits per heavy atom. The highest BCUT2D eigenvalue weighted by molar-refractivity contribution is 14.1. The molecule has 0 aliphatic carbocycles. The van der Waals surface area contributed by atoms with Gasteiger partial charge < -0.3 is 0 Å². The van der Waals surface area contributed by atoms with Crippen molar-refractivity contribution < 1.29 is 0 Å². The summed E-state index contributed by atoms with van der Waals surface area (Å²) >= 11 is 2.16. The van der Waals surface area contributed by atoms with E-state index in [2.05, 4.69) is 28.7 Å². The van der Waals surface area contributed by atoms with Gasteiger partial charge in [-0.15, -0.1) is 0 Å². The number of halogens is 1. The van der Waals surface area contributed by atoms with E-state index < -0.39 is 0 Å². The maximum Gasteiger partial charge on any atom is 0.101 e. The minimum atomic E-state index is 0.795. The molecule has 1 rings (SSSR count). The zero-order chi connectivity index (χ0) is 7.56. The van der Waals surface area contributed by atoms with E-state index in [4.69, 9.17) is 5.26 Å². The molecule has 2 heteroatoms. The second-order valence-electron chi connectivity index (χ2n) is 2.04. The second-order valence-corrected chi connectivity index (χ2v) is 3.21. The number of aryl methyl sites for hydroxylation is 1. The number of benzene rings is 1. The summed E-state index contributed by atoms with van der Waals surface area (Å²) in [6.07, 6.45) is 0. The lowest BCUT2D eigenvalue weighted by Crippen LogP contribution is -1.84. The molecule has 0 saturated carbocycles. The van der Waals surface area contributed by atoms with Crippen molar-refractivity contribution in [1.29, 1.82) is 5.26 Å². The van der Waals surface area contributed by atoms with Crippen LogP contribution in [0.15, 0.2) is 18.2 Å². The van der Waals surface area contributed by atoms with E-state index in [9.17, 15) is 0 Å². The van der Waals surface area contributed by atoms with Gasteiger partial charge in [-0.3, -0.25) is 0 Å². The Labute approximate surface area is 73.8 Å². The molecule has 0 bridgehead atoms. The molecule has 0 heterocycles. The summed E-state index contributed by atoms with van der Waals surface area (Å²) in [7, 11) is 0. The molecule has 0 atom stereocenters. The summed E-state index contributed by atoms with van der Waals surface area (Å²) < 4.78 is 1.03. The molecular weight excluding hydrogens is 237 g/mol. The lowest BCUT2D eigenvalue weighted by molar-refractivity contribution is 1.37. The number of nitrogens with zero attached hydrogens (tertiary/aromatic N) is 1. The first-order valence-corrected chi connectivity index (χ1v) is 3.99. The number of nitriles is 1. The van der Waals surface area contributed by atoms with Crippen LogP contribution in [0.5, 0.6) is 0 Å². The van der Waals surface area contributed by atoms with E-state index >= 15 is 0 Å². The Kier molecular flexibility index (Phi) is 2.28. The topological polar surface area (TPSA) is 23.8 Å². The van der Waals surface area contributed by atoms with E-state index in [0.717, 1.165) is 14.7 Å². The smallest absolute Gasteiger partial charge is 0.101 e. The van der Waals surface area contributed by atoms with Crippen LogP contribution in [-0.2, 0) is 0 Å². The van der Waals surface area contributed by atoms with E-state index in [0.29, 0.717) is 0 Å². The summed E-state index contributed by atoms with van der Waals surface area (Å²) in [5.74, 6) is 0. The van der Waals surface area contributed by atoms with Gasteiger partial charge in [-0.2, -0.15) is 5.26 Å². The van der Waals surface area contributed by atoms with E-state index in [1.54, 1.807) is 0 Å². The second kappa shape index (κ2) is 3.02. The van der Waals surface area contributed by atoms with Crippen molar-refractivity contribution in [3.05, 3.63) is 32.9 Å². The molecule has 50 valence electrons. The van der Waals surface area contributed by atoms with Crippen molar-refractivity contribution in [3.8, 4) is 6.07 Å². The zero-order valence-corrected chi connectivity index (χ0v) is 7.71. The van der Waals surface area contributed by atoms with Gasteiger partial charge in [0.25, 0.3) is 0 Å². The third-order valence-electron chi connectivity index (χ3n) is 1.33. The Morgan fingerprint density at radius 3 is 2.60 bits per heavy atom. The molecule has 1 aromatic rings. The van der Waals surface area contributed by atoms with Gasteiger partial charge in [-0.1, -0.05) is 12.1 Å². The van der Waals surface area contributed by atoms with Gasteiger partial charge in [0.15, 0.2) is 0 Å². The van der Waals surface area contributed by atoms with Gasteiger partial charge in [0, 0.05) is 3.57 Å². The minimum Gasteiger partial charge on any atom is -0.192 e. The third kappa shape index (κ3) is 1.29. The summed E-state index contributed by atoms with van der Waals surface area (Å²) in [6.45, 7) is 1.95. The quantitative estimate of drug-likeness (QED) is 0.642. The number of hydrogen-bond donors (Lipinski definition) is 0. The highest BCUT2D eigenvalue weighted by Crippen LogP contribution is 2.14. The predicted molar refractivity (Wildman–Crippen MR) is 48.6 cm³/mol. The van der Waals surface area contributed by atoms with Gasteiger partial charge >= 0.3 is 0 Å². The molecule has 0 N–H and O–H groups in total. The Balaban J connectivity index is 3.34. The fraction of sp³-hybridized carbons (Fsp3) is 0.125. The zero-order valence-electron chi connectivity index (χ0n) is 5.56. The summed E-state index contributed by atoms with van der Waals surface area (Å²) in [6, 6.07) is 7.99. The standard InChI is InChI=1S/C8H6IN/c1-6-3-2-4-8(9)7(6)5-10/h2-4H,1H3. The highest BCUT2D eigenvalue weighted by Gasteiger charge is 1.98. The van der Waals surface area contributed by atoms with Crippen molar-refractivity contribution >= 4 is 22.6 Å². The lowest BCUT2D eigenvalue weighted by Gasteiger charge is -1.96. The fourth-order valence-corrected chi connectivity index (χ4v) is 1.53. The first-order chi connectivity index (χ1) is 4.75. The van der Waals surface area contributed by atoms with Gasteiger partial charge in [-0.05, 0) is 41.1 Å². The molecule has 0 aliphatic heterocycles. The Morgan fingerprint density at radius 2 is 2.20 bits per heavy atom. The van der Waals surface area contributed by atoms with Gasteiger partial charge in [0.1, 0.15) is 6.07 Å². The largest absolute Gasteiger partial charge is 0.192 e. The minimum absolute atomic E-state index is 0.795. The molecule has 0 amide bonds. The Bertz CT molecular complexity index is 266. The van der Waals surface area contributed by atoms with Gasteiger partial charge in [0.05, 0.1) is 5.56 Å². The summed E-state index contributed by atoms with van der Waals surface area (Å²) in [4.78, 5) is 0. The highest BCUT2D eigenvalue weighted by atomic mass is 127. The Hall–Kier alpha value is -0.560. The van der Waals surface area contributed by atoms with Crippen molar-refractivity contribution in [1.82, 2.24) is 0 Å². The van der Waals surface area contributed by atoms with E-state index in [-0.39, 0.29) is 0 Å². The third-order valence-corrected chi connectivity index (χ3v) is 2.23. The van der Waals surface area contributed by atoms with Crippen LogP contribution in [0, 0.1) is 21.8 Å². The van der Waals surface area contributed by atoms with Crippen LogP contribution in [-0.4, -0.2) is 0 Å². The monoisotopic (exact) mass is 243 g/mol. The first-order valence-electron chi connectivity index (χ1n) is 2.91. The lowest BCUT2D eigenvalue weighted by atomic mass is 10.1. The van der Waals surface area contributed by atoms with Crippen LogP contribution >= 0.6 is 22.6 Å². The number of rotatable bonds is 0. The average molecular weight is 243 g/mol. The van der Waals surface area contributed by atoms with Crippen molar-refractivity contribution in [3.63, 3.8) is 0 Å². The molecule has 1 nitrogen and oxygen atoms in total. The van der Waals surface area contributed by atoms with E-state index in [1.807, 2.05) is 25.1 Å². The molecule has 0 unspecified atom stereocenters. The normalized spacial score (nSPS) is 8.90. The van der Waals surface area contributed by atoms with Crippen LogP contribution in [0.1, 0.15) is 11.1 Å². The molecular formula is C8H6IN. The van der Waals surface area contributed by atoms with Crippen molar-refractivity contribution in [2.24, 2.45) is 0 Å². The van der Waals surface area contributed by atoms with Crippen LogP contribution in [0.25, 0.3) is 0 Å². The molecule has 0 fully saturated rings. The molecule has 0 radical (unpaired) electrons. The molecule has 0 aromatic heterocycles. The maximum absolute atomic E-state index is 8.64. The van der Waals surface area contributed by atoms with Crippen molar-refractivity contribution in [2.75, 3.05) is 0 Å². The van der Waals surface area contributed by atoms with Crippen molar-refractivity contribution in [2.45, 2.75) is 6.92 Å². The van der Waals surface area contributed by atoms with Crippen LogP contribution < -0.4 is 0 Å². The van der Waals surface area contributed by atoms with E-state index in [1.165, 1.54) is 0 Å². The average Bonchev–Trinajstić information content (AvgIpc) is 1.88. The SMILES string of the molecule is Cc1cccc(I)c1C#N. The van der Waals surface area contributed by atoms with Gasteiger partial charge in [-0.25, -0.2) is 0 Å². The van der Waals surface area contributed by atoms with Crippen LogP contribution in [0.3, 0.4) is 0 Å². The first kappa shape index (κ1) is 7.55. The van der Waals surface area contributed by atoms with Gasteiger partial charge in [0.2, 0.25) is 0 Å². The predicted octanol–water partition coefficient (Wildman–Crippen LogP) is 2.47. The fourth-order valence-electron chi connectivity index (χ4n) is 0.774. The molecule has 0 saturated heterocycles. The summed E-state index contributed by atoms with van der Waals surface area (Å²) in [5.41, 5.74) is 1.84. The molecule has 0 spiro atoms. The van der Waals surface area contributed by atoms with Crippen LogP contribution in [0.4, 0.5) is 0 Å². The molecule has 0 aliphatic rings. The molecule has 1 aromatic carbocycles. The van der Waals surface area contributed by atoms with Crippen LogP contribution in [0.2, 0.25) is 0 Å². The number of hydrogen-bond acceptors (Lipinski definition) is 1. The summed E-state index contributed by atoms with van der Waals surface area (Å²) in [5, 5.41) is 8.64.